The quantitative estimate of drug-likeness (QED) is 0.825. The van der Waals surface area contributed by atoms with Gasteiger partial charge in [-0.1, -0.05) is 30.3 Å². The van der Waals surface area contributed by atoms with Crippen molar-refractivity contribution in [1.29, 1.82) is 0 Å². The van der Waals surface area contributed by atoms with Crippen LogP contribution in [0.2, 0.25) is 0 Å². The van der Waals surface area contributed by atoms with Crippen molar-refractivity contribution in [1.82, 2.24) is 5.32 Å². The summed E-state index contributed by atoms with van der Waals surface area (Å²) in [5.74, 6) is 0.917. The summed E-state index contributed by atoms with van der Waals surface area (Å²) in [6.07, 6.45) is 1.00. The second kappa shape index (κ2) is 8.08. The maximum absolute atomic E-state index is 11.8. The lowest BCUT2D eigenvalue weighted by molar-refractivity contribution is -0.121. The van der Waals surface area contributed by atoms with Gasteiger partial charge in [-0.05, 0) is 43.2 Å². The lowest BCUT2D eigenvalue weighted by atomic mass is 10.2. The molecule has 22 heavy (non-hydrogen) atoms. The van der Waals surface area contributed by atoms with Crippen LogP contribution < -0.4 is 10.1 Å². The summed E-state index contributed by atoms with van der Waals surface area (Å²) in [7, 11) is 0. The van der Waals surface area contributed by atoms with Gasteiger partial charge in [0.05, 0.1) is 6.10 Å². The molecule has 116 valence electrons. The molecule has 0 aromatic heterocycles. The standard InChI is InChI=1S/C18H21NO3/c1-14(22-17-10-8-16(20)9-11-17)7-12-18(21)19-13-15-5-3-2-4-6-15/h2-6,8-11,14,20H,7,12-13H2,1H3,(H,19,21). The van der Waals surface area contributed by atoms with Gasteiger partial charge in [0.15, 0.2) is 0 Å². The van der Waals surface area contributed by atoms with E-state index in [-0.39, 0.29) is 17.8 Å². The summed E-state index contributed by atoms with van der Waals surface area (Å²) in [4.78, 5) is 11.8. The fourth-order valence-corrected chi connectivity index (χ4v) is 2.04. The van der Waals surface area contributed by atoms with Crippen LogP contribution in [0.15, 0.2) is 54.6 Å². The van der Waals surface area contributed by atoms with E-state index in [2.05, 4.69) is 5.32 Å². The first-order chi connectivity index (χ1) is 10.6. The Morgan fingerprint density at radius 2 is 1.82 bits per heavy atom. The van der Waals surface area contributed by atoms with Crippen LogP contribution in [0.3, 0.4) is 0 Å². The molecule has 0 bridgehead atoms. The number of amides is 1. The summed E-state index contributed by atoms with van der Waals surface area (Å²) in [6, 6.07) is 16.4. The van der Waals surface area contributed by atoms with Crippen LogP contribution in [0.25, 0.3) is 0 Å². The Hall–Kier alpha value is -2.49. The molecule has 0 heterocycles. The average Bonchev–Trinajstić information content (AvgIpc) is 2.54. The maximum atomic E-state index is 11.8. The molecule has 0 aliphatic heterocycles. The summed E-state index contributed by atoms with van der Waals surface area (Å²) in [6.45, 7) is 2.48. The van der Waals surface area contributed by atoms with Crippen LogP contribution in [0, 0.1) is 0 Å². The molecule has 0 spiro atoms. The Morgan fingerprint density at radius 1 is 1.14 bits per heavy atom. The highest BCUT2D eigenvalue weighted by Crippen LogP contribution is 2.18. The molecule has 0 radical (unpaired) electrons. The van der Waals surface area contributed by atoms with Crippen molar-refractivity contribution in [2.75, 3.05) is 0 Å². The van der Waals surface area contributed by atoms with Crippen molar-refractivity contribution < 1.29 is 14.6 Å². The lowest BCUT2D eigenvalue weighted by Gasteiger charge is -2.14. The van der Waals surface area contributed by atoms with Crippen molar-refractivity contribution in [2.24, 2.45) is 0 Å². The zero-order valence-corrected chi connectivity index (χ0v) is 12.7. The lowest BCUT2D eigenvalue weighted by Crippen LogP contribution is -2.24. The molecule has 0 aliphatic rings. The van der Waals surface area contributed by atoms with E-state index in [4.69, 9.17) is 4.74 Å². The molecule has 0 saturated heterocycles. The van der Waals surface area contributed by atoms with Crippen molar-refractivity contribution >= 4 is 5.91 Å². The van der Waals surface area contributed by atoms with Crippen LogP contribution in [-0.4, -0.2) is 17.1 Å². The molecule has 4 heteroatoms. The highest BCUT2D eigenvalue weighted by Gasteiger charge is 2.08. The zero-order chi connectivity index (χ0) is 15.8. The number of carbonyl (C=O) groups is 1. The van der Waals surface area contributed by atoms with Gasteiger partial charge in [0.1, 0.15) is 11.5 Å². The van der Waals surface area contributed by atoms with Gasteiger partial charge in [0.25, 0.3) is 0 Å². The number of nitrogens with one attached hydrogen (secondary N) is 1. The molecule has 1 amide bonds. The fourth-order valence-electron chi connectivity index (χ4n) is 2.04. The van der Waals surface area contributed by atoms with Crippen LogP contribution in [0.4, 0.5) is 0 Å². The summed E-state index contributed by atoms with van der Waals surface area (Å²) in [5, 5.41) is 12.1. The number of benzene rings is 2. The van der Waals surface area contributed by atoms with Crippen molar-refractivity contribution in [3.63, 3.8) is 0 Å². The van der Waals surface area contributed by atoms with Crippen LogP contribution >= 0.6 is 0 Å². The third-order valence-electron chi connectivity index (χ3n) is 3.28. The van der Waals surface area contributed by atoms with Gasteiger partial charge >= 0.3 is 0 Å². The molecular weight excluding hydrogens is 278 g/mol. The molecule has 2 N–H and O–H groups in total. The highest BCUT2D eigenvalue weighted by molar-refractivity contribution is 5.75. The minimum Gasteiger partial charge on any atom is -0.508 e. The minimum absolute atomic E-state index is 0.0185. The first-order valence-corrected chi connectivity index (χ1v) is 7.40. The van der Waals surface area contributed by atoms with Gasteiger partial charge in [0.2, 0.25) is 5.91 Å². The molecule has 4 nitrogen and oxygen atoms in total. The number of phenolic OH excluding ortho intramolecular Hbond substituents is 1. The van der Waals surface area contributed by atoms with E-state index in [0.29, 0.717) is 25.1 Å². The van der Waals surface area contributed by atoms with Gasteiger partial charge in [0, 0.05) is 13.0 Å². The molecule has 1 unspecified atom stereocenters. The second-order valence-corrected chi connectivity index (χ2v) is 5.22. The number of carbonyl (C=O) groups excluding carboxylic acids is 1. The van der Waals surface area contributed by atoms with Gasteiger partial charge in [-0.15, -0.1) is 0 Å². The van der Waals surface area contributed by atoms with E-state index < -0.39 is 0 Å². The monoisotopic (exact) mass is 299 g/mol. The number of hydrogen-bond donors (Lipinski definition) is 2. The van der Waals surface area contributed by atoms with Crippen LogP contribution in [0.1, 0.15) is 25.3 Å². The Kier molecular flexibility index (Phi) is 5.83. The van der Waals surface area contributed by atoms with E-state index in [1.807, 2.05) is 37.3 Å². The van der Waals surface area contributed by atoms with E-state index in [1.165, 1.54) is 0 Å². The summed E-state index contributed by atoms with van der Waals surface area (Å²) >= 11 is 0. The molecule has 2 rings (SSSR count). The van der Waals surface area contributed by atoms with Crippen molar-refractivity contribution in [2.45, 2.75) is 32.4 Å². The Morgan fingerprint density at radius 3 is 2.50 bits per heavy atom. The number of phenols is 1. The van der Waals surface area contributed by atoms with E-state index in [0.717, 1.165) is 5.56 Å². The van der Waals surface area contributed by atoms with Gasteiger partial charge in [-0.3, -0.25) is 4.79 Å². The van der Waals surface area contributed by atoms with Crippen molar-refractivity contribution in [3.8, 4) is 11.5 Å². The minimum atomic E-state index is -0.0629. The number of hydrogen-bond acceptors (Lipinski definition) is 3. The third kappa shape index (κ3) is 5.48. The Labute approximate surface area is 130 Å². The highest BCUT2D eigenvalue weighted by atomic mass is 16.5. The Balaban J connectivity index is 1.68. The maximum Gasteiger partial charge on any atom is 0.220 e. The molecular formula is C18H21NO3. The largest absolute Gasteiger partial charge is 0.508 e. The smallest absolute Gasteiger partial charge is 0.220 e. The number of aromatic hydroxyl groups is 1. The molecule has 0 aliphatic carbocycles. The van der Waals surface area contributed by atoms with Crippen molar-refractivity contribution in [3.05, 3.63) is 60.2 Å². The summed E-state index contributed by atoms with van der Waals surface area (Å²) in [5.41, 5.74) is 1.09. The first kappa shape index (κ1) is 15.9. The predicted octanol–water partition coefficient (Wildman–Crippen LogP) is 3.26. The van der Waals surface area contributed by atoms with Gasteiger partial charge in [-0.2, -0.15) is 0 Å². The van der Waals surface area contributed by atoms with E-state index in [1.54, 1.807) is 24.3 Å². The number of ether oxygens (including phenoxy) is 1. The fraction of sp³-hybridized carbons (Fsp3) is 0.278. The normalized spacial score (nSPS) is 11.7. The molecule has 2 aromatic carbocycles. The Bertz CT molecular complexity index is 581. The van der Waals surface area contributed by atoms with Crippen LogP contribution in [-0.2, 0) is 11.3 Å². The van der Waals surface area contributed by atoms with Crippen LogP contribution in [0.5, 0.6) is 11.5 Å². The SMILES string of the molecule is CC(CCC(=O)NCc1ccccc1)Oc1ccc(O)cc1. The summed E-state index contributed by atoms with van der Waals surface area (Å²) < 4.78 is 5.69. The molecule has 0 fully saturated rings. The topological polar surface area (TPSA) is 58.6 Å². The van der Waals surface area contributed by atoms with Gasteiger partial charge in [-0.25, -0.2) is 0 Å². The second-order valence-electron chi connectivity index (χ2n) is 5.22. The average molecular weight is 299 g/mol. The molecule has 2 aromatic rings. The van der Waals surface area contributed by atoms with Gasteiger partial charge < -0.3 is 15.2 Å². The zero-order valence-electron chi connectivity index (χ0n) is 12.7. The number of rotatable bonds is 7. The third-order valence-corrected chi connectivity index (χ3v) is 3.28. The van der Waals surface area contributed by atoms with E-state index in [9.17, 15) is 9.90 Å². The van der Waals surface area contributed by atoms with E-state index >= 15 is 0 Å². The first-order valence-electron chi connectivity index (χ1n) is 7.40. The molecule has 1 atom stereocenters. The molecule has 0 saturated carbocycles. The predicted molar refractivity (Wildman–Crippen MR) is 85.7 cm³/mol.